The summed E-state index contributed by atoms with van der Waals surface area (Å²) >= 11 is 12.1. The second kappa shape index (κ2) is 9.18. The zero-order valence-electron chi connectivity index (χ0n) is 12.3. The number of carbonyl (C=O) groups is 1. The maximum Gasteiger partial charge on any atom is 0.188 e. The van der Waals surface area contributed by atoms with E-state index in [-0.39, 0.29) is 33.0 Å². The summed E-state index contributed by atoms with van der Waals surface area (Å²) < 4.78 is 10.4. The van der Waals surface area contributed by atoms with Crippen molar-refractivity contribution in [2.24, 2.45) is 0 Å². The van der Waals surface area contributed by atoms with Crippen molar-refractivity contribution in [3.63, 3.8) is 0 Å². The van der Waals surface area contributed by atoms with Gasteiger partial charge in [0.2, 0.25) is 0 Å². The molecule has 0 aromatic heterocycles. The van der Waals surface area contributed by atoms with E-state index in [1.165, 1.54) is 20.3 Å². The van der Waals surface area contributed by atoms with E-state index in [0.29, 0.717) is 32.8 Å². The van der Waals surface area contributed by atoms with E-state index in [0.717, 1.165) is 6.42 Å². The monoisotopic (exact) mass is 329 g/mol. The maximum absolute atomic E-state index is 12.4. The predicted molar refractivity (Wildman–Crippen MR) is 87.7 cm³/mol. The van der Waals surface area contributed by atoms with Gasteiger partial charge in [-0.05, 0) is 26.7 Å². The van der Waals surface area contributed by atoms with Crippen molar-refractivity contribution in [2.75, 3.05) is 14.2 Å². The number of hydrogen-bond donors (Lipinski definition) is 0. The summed E-state index contributed by atoms with van der Waals surface area (Å²) in [6.45, 7) is 4.08. The zero-order chi connectivity index (χ0) is 14.6. The van der Waals surface area contributed by atoms with Crippen molar-refractivity contribution in [3.8, 4) is 11.5 Å². The van der Waals surface area contributed by atoms with Crippen molar-refractivity contribution < 1.29 is 14.3 Å². The molecular weight excluding hydrogens is 313 g/mol. The van der Waals surface area contributed by atoms with E-state index >= 15 is 0 Å². The van der Waals surface area contributed by atoms with Crippen LogP contribution >= 0.6 is 31.8 Å². The Hall–Kier alpha value is 0.0974. The Kier molecular flexibility index (Phi) is 9.23. The standard InChI is InChI=1S/C13H17Cl2O3P.Li/c1-5-7(2)19-13(16)10-11(17-3)8(14)6-9(15)12(10)18-4;/h6-7,19H,5H2,1-4H3;. The van der Waals surface area contributed by atoms with Crippen LogP contribution < -0.4 is 9.47 Å². The van der Waals surface area contributed by atoms with Crippen molar-refractivity contribution >= 4 is 56.2 Å². The molecule has 0 amide bonds. The van der Waals surface area contributed by atoms with Crippen LogP contribution in [0.2, 0.25) is 10.0 Å². The van der Waals surface area contributed by atoms with Crippen LogP contribution in [0.3, 0.4) is 0 Å². The van der Waals surface area contributed by atoms with Gasteiger partial charge in [-0.1, -0.05) is 37.0 Å². The Balaban J connectivity index is 0.00000361. The molecule has 0 heterocycles. The van der Waals surface area contributed by atoms with Gasteiger partial charge in [-0.15, -0.1) is 0 Å². The van der Waals surface area contributed by atoms with Gasteiger partial charge >= 0.3 is 0 Å². The summed E-state index contributed by atoms with van der Waals surface area (Å²) in [6.07, 6.45) is 0.934. The van der Waals surface area contributed by atoms with Crippen LogP contribution in [0.5, 0.6) is 11.5 Å². The molecule has 1 aromatic carbocycles. The molecule has 0 bridgehead atoms. The molecule has 3 nitrogen and oxygen atoms in total. The molecule has 7 heteroatoms. The number of rotatable bonds is 6. The average molecular weight is 330 g/mol. The van der Waals surface area contributed by atoms with Crippen molar-refractivity contribution in [3.05, 3.63) is 21.7 Å². The first kappa shape index (κ1) is 20.1. The van der Waals surface area contributed by atoms with Gasteiger partial charge in [0.15, 0.2) is 17.0 Å². The SMILES string of the molecule is CCC(C)PC(=O)c1c(OC)c(Cl)cc(Cl)c1OC.[Li]. The summed E-state index contributed by atoms with van der Waals surface area (Å²) in [5.74, 6) is 0.646. The number of ether oxygens (including phenoxy) is 2. The van der Waals surface area contributed by atoms with Crippen LogP contribution in [-0.4, -0.2) is 44.3 Å². The van der Waals surface area contributed by atoms with Gasteiger partial charge in [0.05, 0.1) is 24.3 Å². The normalized spacial score (nSPS) is 12.1. The second-order valence-electron chi connectivity index (χ2n) is 4.06. The smallest absolute Gasteiger partial charge is 0.188 e. The average Bonchev–Trinajstić information content (AvgIpc) is 2.37. The molecule has 107 valence electrons. The molecule has 20 heavy (non-hydrogen) atoms. The summed E-state index contributed by atoms with van der Waals surface area (Å²) in [6, 6.07) is 1.52. The molecule has 0 aliphatic rings. The van der Waals surface area contributed by atoms with Gasteiger partial charge in [-0.25, -0.2) is 0 Å². The third kappa shape index (κ3) is 4.55. The molecule has 1 aromatic rings. The molecule has 2 unspecified atom stereocenters. The molecule has 0 aliphatic carbocycles. The summed E-state index contributed by atoms with van der Waals surface area (Å²) in [5.41, 5.74) is 0.591. The van der Waals surface area contributed by atoms with Crippen LogP contribution in [0.1, 0.15) is 30.6 Å². The number of hydrogen-bond acceptors (Lipinski definition) is 3. The predicted octanol–water partition coefficient (Wildman–Crippen LogP) is 4.25. The van der Waals surface area contributed by atoms with Crippen molar-refractivity contribution in [2.45, 2.75) is 25.9 Å². The Labute approximate surface area is 143 Å². The minimum Gasteiger partial charge on any atom is -0.494 e. The van der Waals surface area contributed by atoms with Crippen molar-refractivity contribution in [1.29, 1.82) is 0 Å². The van der Waals surface area contributed by atoms with Gasteiger partial charge in [-0.2, -0.15) is 0 Å². The molecule has 2 atom stereocenters. The molecule has 0 N–H and O–H groups in total. The van der Waals surface area contributed by atoms with Crippen LogP contribution in [0, 0.1) is 0 Å². The van der Waals surface area contributed by atoms with E-state index in [9.17, 15) is 4.79 Å². The molecule has 1 rings (SSSR count). The Bertz CT molecular complexity index is 455. The summed E-state index contributed by atoms with van der Waals surface area (Å²) in [5, 5.41) is 0.621. The van der Waals surface area contributed by atoms with E-state index < -0.39 is 0 Å². The fourth-order valence-electron chi connectivity index (χ4n) is 1.59. The fourth-order valence-corrected chi connectivity index (χ4v) is 3.23. The zero-order valence-corrected chi connectivity index (χ0v) is 14.9. The molecule has 1 radical (unpaired) electrons. The third-order valence-corrected chi connectivity index (χ3v) is 4.74. The van der Waals surface area contributed by atoms with Crippen LogP contribution in [0.25, 0.3) is 0 Å². The summed E-state index contributed by atoms with van der Waals surface area (Å²) in [4.78, 5) is 12.4. The largest absolute Gasteiger partial charge is 0.494 e. The van der Waals surface area contributed by atoms with Gasteiger partial charge in [0.25, 0.3) is 0 Å². The molecule has 0 fully saturated rings. The second-order valence-corrected chi connectivity index (χ2v) is 6.61. The van der Waals surface area contributed by atoms with E-state index in [4.69, 9.17) is 32.7 Å². The number of benzene rings is 1. The van der Waals surface area contributed by atoms with Gasteiger partial charge in [0.1, 0.15) is 5.56 Å². The van der Waals surface area contributed by atoms with E-state index in [2.05, 4.69) is 0 Å². The van der Waals surface area contributed by atoms with Crippen LogP contribution in [0.15, 0.2) is 6.07 Å². The Morgan fingerprint density at radius 1 is 1.25 bits per heavy atom. The first-order chi connectivity index (χ1) is 8.96. The van der Waals surface area contributed by atoms with Crippen molar-refractivity contribution in [1.82, 2.24) is 0 Å². The molecular formula is C13H17Cl2LiO3P. The quantitative estimate of drug-likeness (QED) is 0.578. The Morgan fingerprint density at radius 2 is 1.70 bits per heavy atom. The molecule has 0 saturated carbocycles. The summed E-state index contributed by atoms with van der Waals surface area (Å²) in [7, 11) is 3.07. The topological polar surface area (TPSA) is 35.5 Å². The molecule has 0 spiro atoms. The van der Waals surface area contributed by atoms with Gasteiger partial charge < -0.3 is 9.47 Å². The van der Waals surface area contributed by atoms with Gasteiger partial charge in [-0.3, -0.25) is 4.79 Å². The third-order valence-electron chi connectivity index (χ3n) is 2.77. The first-order valence-electron chi connectivity index (χ1n) is 5.87. The minimum absolute atomic E-state index is 0. The van der Waals surface area contributed by atoms with E-state index in [1.54, 1.807) is 0 Å². The number of halogens is 2. The Morgan fingerprint density at radius 3 is 2.05 bits per heavy atom. The minimum atomic E-state index is -0.0487. The molecule has 0 aliphatic heterocycles. The molecule has 0 saturated heterocycles. The van der Waals surface area contributed by atoms with Crippen LogP contribution in [-0.2, 0) is 0 Å². The van der Waals surface area contributed by atoms with Gasteiger partial charge in [0, 0.05) is 18.9 Å². The maximum atomic E-state index is 12.4. The number of carbonyl (C=O) groups excluding carboxylic acids is 1. The van der Waals surface area contributed by atoms with Crippen LogP contribution in [0.4, 0.5) is 0 Å². The van der Waals surface area contributed by atoms with E-state index in [1.807, 2.05) is 13.8 Å². The number of methoxy groups -OCH3 is 2. The fraction of sp³-hybridized carbons (Fsp3) is 0.462. The first-order valence-corrected chi connectivity index (χ1v) is 7.70.